The molecule has 1 aromatic heterocycles. The van der Waals surface area contributed by atoms with E-state index in [4.69, 9.17) is 11.5 Å². The van der Waals surface area contributed by atoms with Gasteiger partial charge in [-0.05, 0) is 6.92 Å². The van der Waals surface area contributed by atoms with Crippen LogP contribution in [0, 0.1) is 6.92 Å². The Kier molecular flexibility index (Phi) is 2.23. The van der Waals surface area contributed by atoms with E-state index in [-0.39, 0.29) is 0 Å². The lowest BCUT2D eigenvalue weighted by Crippen LogP contribution is -2.02. The van der Waals surface area contributed by atoms with Gasteiger partial charge in [-0.15, -0.1) is 11.3 Å². The first-order valence-electron chi connectivity index (χ1n) is 3.30. The Hall–Kier alpha value is -1.23. The van der Waals surface area contributed by atoms with E-state index in [9.17, 15) is 4.79 Å². The minimum absolute atomic E-state index is 0.323. The largest absolute Gasteiger partial charge is 0.465 e. The van der Waals surface area contributed by atoms with Crippen LogP contribution in [-0.4, -0.2) is 13.1 Å². The minimum Gasteiger partial charge on any atom is -0.465 e. The van der Waals surface area contributed by atoms with E-state index in [0.29, 0.717) is 16.3 Å². The molecular weight excluding hydrogens is 176 g/mol. The molecule has 1 rings (SSSR count). The minimum atomic E-state index is -0.433. The average Bonchev–Trinajstić information content (AvgIpc) is 2.32. The summed E-state index contributed by atoms with van der Waals surface area (Å²) in [5, 5.41) is 0. The van der Waals surface area contributed by atoms with Gasteiger partial charge >= 0.3 is 5.97 Å². The van der Waals surface area contributed by atoms with Crippen molar-refractivity contribution >= 4 is 28.7 Å². The van der Waals surface area contributed by atoms with Crippen molar-refractivity contribution in [1.29, 1.82) is 0 Å². The van der Waals surface area contributed by atoms with Gasteiger partial charge < -0.3 is 16.2 Å². The Balaban J connectivity index is 3.17. The number of nitrogen functional groups attached to an aromatic ring is 2. The molecule has 12 heavy (non-hydrogen) atoms. The van der Waals surface area contributed by atoms with Crippen LogP contribution in [0.1, 0.15) is 14.5 Å². The van der Waals surface area contributed by atoms with Crippen LogP contribution >= 0.6 is 11.3 Å². The number of anilines is 2. The van der Waals surface area contributed by atoms with E-state index < -0.39 is 5.97 Å². The van der Waals surface area contributed by atoms with E-state index >= 15 is 0 Å². The van der Waals surface area contributed by atoms with Crippen molar-refractivity contribution in [1.82, 2.24) is 0 Å². The highest BCUT2D eigenvalue weighted by Gasteiger charge is 2.17. The molecule has 0 aliphatic carbocycles. The summed E-state index contributed by atoms with van der Waals surface area (Å²) in [6.45, 7) is 1.81. The number of rotatable bonds is 1. The standard InChI is InChI=1S/C7H10N2O2S/c1-3-4(8)5(9)6(12-3)7(10)11-2/h8-9H2,1-2H3. The second kappa shape index (κ2) is 3.02. The molecule has 0 radical (unpaired) electrons. The first-order valence-corrected chi connectivity index (χ1v) is 4.12. The molecule has 66 valence electrons. The molecule has 0 saturated heterocycles. The van der Waals surface area contributed by atoms with Gasteiger partial charge in [0.1, 0.15) is 4.88 Å². The van der Waals surface area contributed by atoms with Gasteiger partial charge in [0.05, 0.1) is 18.5 Å². The van der Waals surface area contributed by atoms with Crippen LogP contribution in [-0.2, 0) is 4.74 Å². The molecule has 0 aliphatic rings. The highest BCUT2D eigenvalue weighted by Crippen LogP contribution is 2.32. The number of methoxy groups -OCH3 is 1. The Bertz CT molecular complexity index is 319. The zero-order valence-electron chi connectivity index (χ0n) is 6.88. The number of esters is 1. The number of aryl methyl sites for hydroxylation is 1. The van der Waals surface area contributed by atoms with Crippen LogP contribution in [0.25, 0.3) is 0 Å². The number of carbonyl (C=O) groups is 1. The predicted molar refractivity (Wildman–Crippen MR) is 49.2 cm³/mol. The topological polar surface area (TPSA) is 78.3 Å². The normalized spacial score (nSPS) is 9.83. The molecule has 4 nitrogen and oxygen atoms in total. The molecule has 0 spiro atoms. The summed E-state index contributed by atoms with van der Waals surface area (Å²) in [5.41, 5.74) is 11.9. The van der Waals surface area contributed by atoms with Crippen molar-refractivity contribution in [3.63, 3.8) is 0 Å². The van der Waals surface area contributed by atoms with Crippen molar-refractivity contribution in [3.05, 3.63) is 9.75 Å². The maximum absolute atomic E-state index is 11.1. The predicted octanol–water partition coefficient (Wildman–Crippen LogP) is 1.01. The second-order valence-electron chi connectivity index (χ2n) is 2.31. The van der Waals surface area contributed by atoms with E-state index in [1.807, 2.05) is 6.92 Å². The molecule has 5 heteroatoms. The Morgan fingerprint density at radius 2 is 2.00 bits per heavy atom. The lowest BCUT2D eigenvalue weighted by molar-refractivity contribution is 0.0607. The summed E-state index contributed by atoms with van der Waals surface area (Å²) in [5.74, 6) is -0.433. The summed E-state index contributed by atoms with van der Waals surface area (Å²) in [7, 11) is 1.31. The Morgan fingerprint density at radius 3 is 2.33 bits per heavy atom. The van der Waals surface area contributed by atoms with Crippen molar-refractivity contribution in [2.45, 2.75) is 6.92 Å². The van der Waals surface area contributed by atoms with Crippen LogP contribution in [0.4, 0.5) is 11.4 Å². The number of thiophene rings is 1. The molecule has 0 aliphatic heterocycles. The third-order valence-corrected chi connectivity index (χ3v) is 2.66. The average molecular weight is 186 g/mol. The molecule has 0 atom stereocenters. The number of ether oxygens (including phenoxy) is 1. The zero-order chi connectivity index (χ0) is 9.30. The molecular formula is C7H10N2O2S. The maximum Gasteiger partial charge on any atom is 0.350 e. The zero-order valence-corrected chi connectivity index (χ0v) is 7.70. The van der Waals surface area contributed by atoms with Gasteiger partial charge in [-0.25, -0.2) is 4.79 Å². The Labute approximate surface area is 74.1 Å². The molecule has 1 heterocycles. The van der Waals surface area contributed by atoms with Gasteiger partial charge in [-0.2, -0.15) is 0 Å². The number of nitrogens with two attached hydrogens (primary N) is 2. The maximum atomic E-state index is 11.1. The first kappa shape index (κ1) is 8.86. The highest BCUT2D eigenvalue weighted by molar-refractivity contribution is 7.15. The van der Waals surface area contributed by atoms with Crippen LogP contribution in [0.3, 0.4) is 0 Å². The van der Waals surface area contributed by atoms with Gasteiger partial charge in [0.2, 0.25) is 0 Å². The third kappa shape index (κ3) is 1.23. The van der Waals surface area contributed by atoms with Gasteiger partial charge in [0, 0.05) is 4.88 Å². The number of hydrogen-bond acceptors (Lipinski definition) is 5. The molecule has 0 fully saturated rings. The molecule has 0 saturated carbocycles. The van der Waals surface area contributed by atoms with Crippen molar-refractivity contribution < 1.29 is 9.53 Å². The molecule has 4 N–H and O–H groups in total. The SMILES string of the molecule is COC(=O)c1sc(C)c(N)c1N. The molecule has 0 bridgehead atoms. The summed E-state index contributed by atoms with van der Waals surface area (Å²) in [6, 6.07) is 0. The van der Waals surface area contributed by atoms with Gasteiger partial charge in [-0.3, -0.25) is 0 Å². The van der Waals surface area contributed by atoms with E-state index in [1.165, 1.54) is 18.4 Å². The van der Waals surface area contributed by atoms with Crippen molar-refractivity contribution in [2.75, 3.05) is 18.6 Å². The molecule has 0 aromatic carbocycles. The van der Waals surface area contributed by atoms with Gasteiger partial charge in [0.25, 0.3) is 0 Å². The lowest BCUT2D eigenvalue weighted by Gasteiger charge is -1.95. The monoisotopic (exact) mass is 186 g/mol. The first-order chi connectivity index (χ1) is 5.57. The van der Waals surface area contributed by atoms with Crippen LogP contribution in [0.5, 0.6) is 0 Å². The van der Waals surface area contributed by atoms with Crippen LogP contribution in [0.15, 0.2) is 0 Å². The molecule has 0 amide bonds. The van der Waals surface area contributed by atoms with E-state index in [2.05, 4.69) is 4.74 Å². The van der Waals surface area contributed by atoms with Gasteiger partial charge in [0.15, 0.2) is 0 Å². The quantitative estimate of drug-likeness (QED) is 0.641. The van der Waals surface area contributed by atoms with Gasteiger partial charge in [-0.1, -0.05) is 0 Å². The third-order valence-electron chi connectivity index (χ3n) is 1.54. The van der Waals surface area contributed by atoms with Crippen molar-refractivity contribution in [3.8, 4) is 0 Å². The fourth-order valence-corrected chi connectivity index (χ4v) is 1.73. The fraction of sp³-hybridized carbons (Fsp3) is 0.286. The smallest absolute Gasteiger partial charge is 0.350 e. The van der Waals surface area contributed by atoms with Crippen LogP contribution in [0.2, 0.25) is 0 Å². The summed E-state index contributed by atoms with van der Waals surface area (Å²) in [6.07, 6.45) is 0. The Morgan fingerprint density at radius 1 is 1.42 bits per heavy atom. The summed E-state index contributed by atoms with van der Waals surface area (Å²) >= 11 is 1.25. The number of carbonyl (C=O) groups excluding carboxylic acids is 1. The highest BCUT2D eigenvalue weighted by atomic mass is 32.1. The molecule has 1 aromatic rings. The summed E-state index contributed by atoms with van der Waals surface area (Å²) in [4.78, 5) is 12.3. The number of hydrogen-bond donors (Lipinski definition) is 2. The van der Waals surface area contributed by atoms with E-state index in [0.717, 1.165) is 4.88 Å². The second-order valence-corrected chi connectivity index (χ2v) is 3.53. The van der Waals surface area contributed by atoms with E-state index in [1.54, 1.807) is 0 Å². The van der Waals surface area contributed by atoms with Crippen LogP contribution < -0.4 is 11.5 Å². The van der Waals surface area contributed by atoms with Crippen molar-refractivity contribution in [2.24, 2.45) is 0 Å². The summed E-state index contributed by atoms with van der Waals surface area (Å²) < 4.78 is 4.52. The lowest BCUT2D eigenvalue weighted by atomic mass is 10.3. The fourth-order valence-electron chi connectivity index (χ4n) is 0.819. The molecule has 0 unspecified atom stereocenters.